The first-order valence-electron chi connectivity index (χ1n) is 11.8. The summed E-state index contributed by atoms with van der Waals surface area (Å²) < 4.78 is 26.8. The average Bonchev–Trinajstić information content (AvgIpc) is 3.37. The lowest BCUT2D eigenvalue weighted by molar-refractivity contribution is 0.0838. The number of aromatic hydroxyl groups is 1. The number of hydrogen-bond acceptors (Lipinski definition) is 5. The number of phenolic OH excluding ortho intramolecular Hbond substituents is 1. The van der Waals surface area contributed by atoms with Crippen LogP contribution in [0.2, 0.25) is 0 Å². The molecule has 2 N–H and O–H groups in total. The summed E-state index contributed by atoms with van der Waals surface area (Å²) in [6.45, 7) is 3.18. The number of fused-ring (bicyclic) bond motifs is 1. The highest BCUT2D eigenvalue weighted by Gasteiger charge is 2.39. The van der Waals surface area contributed by atoms with Gasteiger partial charge in [-0.1, -0.05) is 5.16 Å². The van der Waals surface area contributed by atoms with Crippen LogP contribution in [0.25, 0.3) is 16.6 Å². The summed E-state index contributed by atoms with van der Waals surface area (Å²) >= 11 is 0. The lowest BCUT2D eigenvalue weighted by Crippen LogP contribution is -2.25. The molecule has 0 radical (unpaired) electrons. The van der Waals surface area contributed by atoms with Crippen molar-refractivity contribution in [2.45, 2.75) is 50.4 Å². The minimum atomic E-state index is -0.533. The highest BCUT2D eigenvalue weighted by molar-refractivity contribution is 5.89. The first-order chi connectivity index (χ1) is 16.5. The van der Waals surface area contributed by atoms with E-state index >= 15 is 0 Å². The molecule has 4 aromatic rings. The maximum Gasteiger partial charge on any atom is 0.438 e. The molecule has 6 rings (SSSR count). The van der Waals surface area contributed by atoms with E-state index < -0.39 is 5.76 Å². The summed E-state index contributed by atoms with van der Waals surface area (Å²) in [5.41, 5.74) is 4.95. The Hall–Kier alpha value is -3.39. The molecule has 1 aliphatic carbocycles. The Morgan fingerprint density at radius 1 is 1.09 bits per heavy atom. The monoisotopic (exact) mass is 463 g/mol. The van der Waals surface area contributed by atoms with Gasteiger partial charge in [-0.2, -0.15) is 0 Å². The molecule has 176 valence electrons. The van der Waals surface area contributed by atoms with E-state index in [0.717, 1.165) is 42.3 Å². The van der Waals surface area contributed by atoms with Gasteiger partial charge in [0.2, 0.25) is 0 Å². The third-order valence-electron chi connectivity index (χ3n) is 7.43. The van der Waals surface area contributed by atoms with Crippen molar-refractivity contribution >= 4 is 10.9 Å². The maximum absolute atomic E-state index is 14.1. The number of rotatable bonds is 4. The van der Waals surface area contributed by atoms with E-state index in [4.69, 9.17) is 9.26 Å². The zero-order chi connectivity index (χ0) is 23.4. The Morgan fingerprint density at radius 3 is 2.59 bits per heavy atom. The summed E-state index contributed by atoms with van der Waals surface area (Å²) in [4.78, 5) is 14.1. The smallest absolute Gasteiger partial charge is 0.438 e. The van der Waals surface area contributed by atoms with E-state index in [1.807, 2.05) is 24.3 Å². The molecular formula is C26H26FN3O4. The summed E-state index contributed by atoms with van der Waals surface area (Å²) in [5.74, 6) is 0.710. The van der Waals surface area contributed by atoms with Crippen LogP contribution in [0, 0.1) is 12.7 Å². The van der Waals surface area contributed by atoms with Gasteiger partial charge < -0.3 is 14.4 Å². The van der Waals surface area contributed by atoms with Crippen LogP contribution in [0.4, 0.5) is 4.39 Å². The second-order valence-electron chi connectivity index (χ2n) is 9.50. The molecular weight excluding hydrogens is 437 g/mol. The molecule has 0 bridgehead atoms. The Morgan fingerprint density at radius 2 is 1.88 bits per heavy atom. The number of nitrogens with zero attached hydrogens (tertiary/aromatic N) is 2. The van der Waals surface area contributed by atoms with Crippen LogP contribution in [0.3, 0.4) is 0 Å². The number of H-pyrrole nitrogens is 1. The third kappa shape index (κ3) is 3.44. The third-order valence-corrected chi connectivity index (χ3v) is 7.43. The number of nitrogens with one attached hydrogen (secondary N) is 1. The van der Waals surface area contributed by atoms with Crippen molar-refractivity contribution in [1.29, 1.82) is 0 Å². The van der Waals surface area contributed by atoms with E-state index in [1.54, 1.807) is 13.0 Å². The number of phenols is 1. The standard InChI is InChI=1S/C26H26FN3O4/c1-14-10-18(2-4-21(14)27)30-22-5-3-19(31)13-20(22)23(24(30)15-6-8-33-9-7-15)16-11-17(12-16)25-28-26(32)34-29-25/h2-5,10,13,15-17,31H,6-9,11-12H2,1H3,(H,28,29,32)/t16-,17+. The molecule has 2 aromatic heterocycles. The molecule has 2 aromatic carbocycles. The first kappa shape index (κ1) is 21.2. The molecule has 0 amide bonds. The number of ether oxygens (including phenoxy) is 1. The van der Waals surface area contributed by atoms with E-state index in [1.165, 1.54) is 17.3 Å². The second kappa shape index (κ2) is 8.13. The van der Waals surface area contributed by atoms with Crippen LogP contribution in [-0.2, 0) is 4.74 Å². The van der Waals surface area contributed by atoms with Crippen LogP contribution in [0.5, 0.6) is 5.75 Å². The lowest BCUT2D eigenvalue weighted by Gasteiger charge is -2.36. The number of benzene rings is 2. The molecule has 7 nitrogen and oxygen atoms in total. The zero-order valence-electron chi connectivity index (χ0n) is 18.9. The Balaban J connectivity index is 1.53. The van der Waals surface area contributed by atoms with Crippen LogP contribution in [-0.4, -0.2) is 33.0 Å². The first-order valence-corrected chi connectivity index (χ1v) is 11.8. The second-order valence-corrected chi connectivity index (χ2v) is 9.50. The van der Waals surface area contributed by atoms with Gasteiger partial charge in [0, 0.05) is 41.8 Å². The molecule has 2 aliphatic rings. The van der Waals surface area contributed by atoms with Crippen LogP contribution < -0.4 is 5.76 Å². The summed E-state index contributed by atoms with van der Waals surface area (Å²) in [5, 5.41) is 15.3. The van der Waals surface area contributed by atoms with Crippen molar-refractivity contribution in [3.63, 3.8) is 0 Å². The number of aromatic nitrogens is 3. The minimum Gasteiger partial charge on any atom is -0.508 e. The van der Waals surface area contributed by atoms with Gasteiger partial charge in [0.1, 0.15) is 11.6 Å². The van der Waals surface area contributed by atoms with E-state index in [0.29, 0.717) is 24.6 Å². The Bertz CT molecular complexity index is 1420. The maximum atomic E-state index is 14.1. The summed E-state index contributed by atoms with van der Waals surface area (Å²) in [7, 11) is 0. The summed E-state index contributed by atoms with van der Waals surface area (Å²) in [6, 6.07) is 10.7. The van der Waals surface area contributed by atoms with Gasteiger partial charge in [-0.15, -0.1) is 0 Å². The van der Waals surface area contributed by atoms with E-state index in [2.05, 4.69) is 14.7 Å². The molecule has 1 saturated heterocycles. The summed E-state index contributed by atoms with van der Waals surface area (Å²) in [6.07, 6.45) is 3.47. The number of aryl methyl sites for hydroxylation is 1. The highest BCUT2D eigenvalue weighted by Crippen LogP contribution is 2.52. The van der Waals surface area contributed by atoms with Gasteiger partial charge in [-0.25, -0.2) is 9.18 Å². The van der Waals surface area contributed by atoms with Crippen molar-refractivity contribution in [3.8, 4) is 11.4 Å². The average molecular weight is 464 g/mol. The van der Waals surface area contributed by atoms with Crippen LogP contribution >= 0.6 is 0 Å². The fraction of sp³-hybridized carbons (Fsp3) is 0.385. The number of hydrogen-bond donors (Lipinski definition) is 2. The van der Waals surface area contributed by atoms with Crippen molar-refractivity contribution in [3.05, 3.63) is 75.4 Å². The van der Waals surface area contributed by atoms with Crippen molar-refractivity contribution in [2.75, 3.05) is 13.2 Å². The highest BCUT2D eigenvalue weighted by atomic mass is 19.1. The molecule has 3 heterocycles. The van der Waals surface area contributed by atoms with Crippen molar-refractivity contribution < 1.29 is 18.8 Å². The molecule has 0 unspecified atom stereocenters. The van der Waals surface area contributed by atoms with E-state index in [-0.39, 0.29) is 29.3 Å². The largest absolute Gasteiger partial charge is 0.508 e. The molecule has 0 spiro atoms. The Kier molecular flexibility index (Phi) is 5.06. The quantitative estimate of drug-likeness (QED) is 0.444. The predicted octanol–water partition coefficient (Wildman–Crippen LogP) is 5.02. The zero-order valence-corrected chi connectivity index (χ0v) is 18.9. The van der Waals surface area contributed by atoms with Crippen molar-refractivity contribution in [1.82, 2.24) is 14.7 Å². The fourth-order valence-electron chi connectivity index (χ4n) is 5.67. The number of aromatic amines is 1. The normalized spacial score (nSPS) is 21.1. The lowest BCUT2D eigenvalue weighted by atomic mass is 9.69. The minimum absolute atomic E-state index is 0.128. The molecule has 8 heteroatoms. The topological polar surface area (TPSA) is 93.3 Å². The van der Waals surface area contributed by atoms with Gasteiger partial charge in [0.05, 0.1) is 5.52 Å². The van der Waals surface area contributed by atoms with Gasteiger partial charge >= 0.3 is 5.76 Å². The van der Waals surface area contributed by atoms with E-state index in [9.17, 15) is 14.3 Å². The molecule has 2 fully saturated rings. The molecule has 0 atom stereocenters. The molecule has 1 aliphatic heterocycles. The van der Waals surface area contributed by atoms with Crippen LogP contribution in [0.1, 0.15) is 66.1 Å². The molecule has 1 saturated carbocycles. The van der Waals surface area contributed by atoms with Gasteiger partial charge in [-0.05, 0) is 86.1 Å². The SMILES string of the molecule is Cc1cc(-n2c(C3CCOCC3)c([C@H]3C[C@@H](c4noc(=O)[nH]4)C3)c3cc(O)ccc32)ccc1F. The van der Waals surface area contributed by atoms with Gasteiger partial charge in [0.15, 0.2) is 5.82 Å². The van der Waals surface area contributed by atoms with Gasteiger partial charge in [0.25, 0.3) is 0 Å². The fourth-order valence-corrected chi connectivity index (χ4v) is 5.67. The van der Waals surface area contributed by atoms with Crippen molar-refractivity contribution in [2.24, 2.45) is 0 Å². The van der Waals surface area contributed by atoms with Gasteiger partial charge in [-0.3, -0.25) is 9.51 Å². The predicted molar refractivity (Wildman–Crippen MR) is 124 cm³/mol. The Labute approximate surface area is 195 Å². The van der Waals surface area contributed by atoms with Crippen LogP contribution in [0.15, 0.2) is 45.7 Å². The molecule has 34 heavy (non-hydrogen) atoms. The number of halogens is 1.